The van der Waals surface area contributed by atoms with Gasteiger partial charge in [-0.05, 0) is 24.1 Å². The van der Waals surface area contributed by atoms with Crippen LogP contribution >= 0.6 is 0 Å². The number of rotatable bonds is 3. The van der Waals surface area contributed by atoms with Gasteiger partial charge in [-0.1, -0.05) is 12.1 Å². The number of methoxy groups -OCH3 is 1. The first-order valence-electron chi connectivity index (χ1n) is 4.20. The van der Waals surface area contributed by atoms with Crippen molar-refractivity contribution in [2.75, 3.05) is 13.7 Å². The Hall–Kier alpha value is -1.06. The lowest BCUT2D eigenvalue weighted by Gasteiger charge is -2.11. The van der Waals surface area contributed by atoms with E-state index in [1.807, 2.05) is 25.1 Å². The van der Waals surface area contributed by atoms with Gasteiger partial charge in [0.05, 0.1) is 19.8 Å². The van der Waals surface area contributed by atoms with E-state index in [2.05, 4.69) is 0 Å². The van der Waals surface area contributed by atoms with Gasteiger partial charge in [0.25, 0.3) is 0 Å². The van der Waals surface area contributed by atoms with Crippen LogP contribution in [0.4, 0.5) is 0 Å². The summed E-state index contributed by atoms with van der Waals surface area (Å²) in [6.45, 7) is 1.92. The van der Waals surface area contributed by atoms with Crippen molar-refractivity contribution >= 4 is 0 Å². The molecule has 1 aromatic rings. The molecule has 0 aliphatic heterocycles. The van der Waals surface area contributed by atoms with Crippen molar-refractivity contribution < 1.29 is 9.84 Å². The number of hydrogen-bond donors (Lipinski definition) is 2. The second-order valence-corrected chi connectivity index (χ2v) is 3.02. The van der Waals surface area contributed by atoms with E-state index in [-0.39, 0.29) is 12.6 Å². The molecule has 3 N–H and O–H groups in total. The highest BCUT2D eigenvalue weighted by Crippen LogP contribution is 2.21. The Bertz CT molecular complexity index is 286. The van der Waals surface area contributed by atoms with Crippen LogP contribution in [0.1, 0.15) is 17.2 Å². The first kappa shape index (κ1) is 10.0. The molecule has 1 atom stereocenters. The second kappa shape index (κ2) is 4.25. The van der Waals surface area contributed by atoms with Gasteiger partial charge in [-0.2, -0.15) is 0 Å². The van der Waals surface area contributed by atoms with Crippen molar-refractivity contribution in [3.63, 3.8) is 0 Å². The summed E-state index contributed by atoms with van der Waals surface area (Å²) in [5.41, 5.74) is 7.62. The summed E-state index contributed by atoms with van der Waals surface area (Å²) in [7, 11) is 1.62. The molecule has 3 nitrogen and oxygen atoms in total. The van der Waals surface area contributed by atoms with Gasteiger partial charge in [-0.15, -0.1) is 0 Å². The number of ether oxygens (including phenoxy) is 1. The first-order valence-corrected chi connectivity index (χ1v) is 4.20. The minimum Gasteiger partial charge on any atom is -0.496 e. The van der Waals surface area contributed by atoms with Gasteiger partial charge in [0, 0.05) is 0 Å². The highest BCUT2D eigenvalue weighted by Gasteiger charge is 2.06. The molecule has 13 heavy (non-hydrogen) atoms. The van der Waals surface area contributed by atoms with E-state index < -0.39 is 0 Å². The predicted octanol–water partition coefficient (Wildman–Crippen LogP) is 0.996. The summed E-state index contributed by atoms with van der Waals surface area (Å²) >= 11 is 0. The lowest BCUT2D eigenvalue weighted by Crippen LogP contribution is -2.14. The van der Waals surface area contributed by atoms with Crippen LogP contribution in [0.25, 0.3) is 0 Å². The summed E-state index contributed by atoms with van der Waals surface area (Å²) in [6, 6.07) is 5.37. The molecule has 0 unspecified atom stereocenters. The van der Waals surface area contributed by atoms with Crippen LogP contribution in [0, 0.1) is 6.92 Å². The zero-order chi connectivity index (χ0) is 9.84. The van der Waals surface area contributed by atoms with E-state index in [0.29, 0.717) is 0 Å². The minimum absolute atomic E-state index is 0.0494. The normalized spacial score (nSPS) is 12.6. The highest BCUT2D eigenvalue weighted by molar-refractivity contribution is 5.37. The minimum atomic E-state index is -0.325. The van der Waals surface area contributed by atoms with E-state index in [4.69, 9.17) is 15.6 Å². The molecule has 0 aliphatic rings. The summed E-state index contributed by atoms with van der Waals surface area (Å²) in [5, 5.41) is 8.86. The fraction of sp³-hybridized carbons (Fsp3) is 0.400. The summed E-state index contributed by atoms with van der Waals surface area (Å²) in [4.78, 5) is 0. The maximum Gasteiger partial charge on any atom is 0.122 e. The fourth-order valence-electron chi connectivity index (χ4n) is 1.17. The summed E-state index contributed by atoms with van der Waals surface area (Å²) in [5.74, 6) is 0.807. The Morgan fingerprint density at radius 2 is 2.23 bits per heavy atom. The molecule has 1 aromatic carbocycles. The van der Waals surface area contributed by atoms with Gasteiger partial charge in [-0.25, -0.2) is 0 Å². The highest BCUT2D eigenvalue weighted by atomic mass is 16.5. The van der Waals surface area contributed by atoms with Gasteiger partial charge >= 0.3 is 0 Å². The number of aryl methyl sites for hydroxylation is 1. The van der Waals surface area contributed by atoms with Crippen LogP contribution in [-0.2, 0) is 0 Å². The largest absolute Gasteiger partial charge is 0.496 e. The Kier molecular flexibility index (Phi) is 3.28. The Labute approximate surface area is 78.1 Å². The molecule has 0 aromatic heterocycles. The summed E-state index contributed by atoms with van der Waals surface area (Å²) in [6.07, 6.45) is 0. The molecule has 0 saturated carbocycles. The third kappa shape index (κ3) is 2.20. The molecule has 0 spiro atoms. The third-order valence-electron chi connectivity index (χ3n) is 2.06. The van der Waals surface area contributed by atoms with Crippen molar-refractivity contribution in [2.45, 2.75) is 13.0 Å². The first-order chi connectivity index (χ1) is 6.19. The van der Waals surface area contributed by atoms with E-state index in [1.165, 1.54) is 0 Å². The monoisotopic (exact) mass is 181 g/mol. The molecule has 0 aliphatic carbocycles. The van der Waals surface area contributed by atoms with Crippen LogP contribution in [0.5, 0.6) is 5.75 Å². The van der Waals surface area contributed by atoms with Crippen molar-refractivity contribution in [2.24, 2.45) is 5.73 Å². The lowest BCUT2D eigenvalue weighted by atomic mass is 10.1. The average Bonchev–Trinajstić information content (AvgIpc) is 2.17. The van der Waals surface area contributed by atoms with Crippen molar-refractivity contribution in [1.82, 2.24) is 0 Å². The maximum absolute atomic E-state index is 8.86. The third-order valence-corrected chi connectivity index (χ3v) is 2.06. The SMILES string of the molecule is COc1cc([C@H](N)CO)ccc1C. The van der Waals surface area contributed by atoms with Gasteiger partial charge in [0.2, 0.25) is 0 Å². The standard InChI is InChI=1S/C10H15NO2/c1-7-3-4-8(9(11)6-12)5-10(7)13-2/h3-5,9,12H,6,11H2,1-2H3/t9-/m1/s1. The molecule has 1 rings (SSSR count). The Balaban J connectivity index is 2.99. The smallest absolute Gasteiger partial charge is 0.122 e. The fourth-order valence-corrected chi connectivity index (χ4v) is 1.17. The van der Waals surface area contributed by atoms with Crippen LogP contribution in [-0.4, -0.2) is 18.8 Å². The molecule has 0 heterocycles. The van der Waals surface area contributed by atoms with Gasteiger partial charge in [0.15, 0.2) is 0 Å². The summed E-state index contributed by atoms with van der Waals surface area (Å²) < 4.78 is 5.14. The Morgan fingerprint density at radius 1 is 1.54 bits per heavy atom. The number of aliphatic hydroxyl groups excluding tert-OH is 1. The van der Waals surface area contributed by atoms with E-state index in [0.717, 1.165) is 16.9 Å². The Morgan fingerprint density at radius 3 is 2.77 bits per heavy atom. The number of hydrogen-bond acceptors (Lipinski definition) is 3. The van der Waals surface area contributed by atoms with Crippen LogP contribution in [0.15, 0.2) is 18.2 Å². The molecule has 3 heteroatoms. The van der Waals surface area contributed by atoms with Crippen LogP contribution in [0.2, 0.25) is 0 Å². The lowest BCUT2D eigenvalue weighted by molar-refractivity contribution is 0.267. The molecule has 0 saturated heterocycles. The molecule has 0 fully saturated rings. The quantitative estimate of drug-likeness (QED) is 0.731. The van der Waals surface area contributed by atoms with Crippen molar-refractivity contribution in [1.29, 1.82) is 0 Å². The number of nitrogens with two attached hydrogens (primary N) is 1. The predicted molar refractivity (Wildman–Crippen MR) is 51.7 cm³/mol. The van der Waals surface area contributed by atoms with Gasteiger partial charge in [0.1, 0.15) is 5.75 Å². The molecule has 0 amide bonds. The molecule has 72 valence electrons. The maximum atomic E-state index is 8.86. The van der Waals surface area contributed by atoms with Crippen molar-refractivity contribution in [3.05, 3.63) is 29.3 Å². The number of aliphatic hydroxyl groups is 1. The van der Waals surface area contributed by atoms with Crippen LogP contribution in [0.3, 0.4) is 0 Å². The van der Waals surface area contributed by atoms with E-state index >= 15 is 0 Å². The topological polar surface area (TPSA) is 55.5 Å². The zero-order valence-electron chi connectivity index (χ0n) is 7.95. The van der Waals surface area contributed by atoms with Crippen LogP contribution < -0.4 is 10.5 Å². The van der Waals surface area contributed by atoms with E-state index in [1.54, 1.807) is 7.11 Å². The second-order valence-electron chi connectivity index (χ2n) is 3.02. The molecule has 0 radical (unpaired) electrons. The van der Waals surface area contributed by atoms with E-state index in [9.17, 15) is 0 Å². The zero-order valence-corrected chi connectivity index (χ0v) is 7.95. The van der Waals surface area contributed by atoms with Gasteiger partial charge < -0.3 is 15.6 Å². The number of benzene rings is 1. The molecular weight excluding hydrogens is 166 g/mol. The van der Waals surface area contributed by atoms with Gasteiger partial charge in [-0.3, -0.25) is 0 Å². The average molecular weight is 181 g/mol. The molecular formula is C10H15NO2. The van der Waals surface area contributed by atoms with Crippen molar-refractivity contribution in [3.8, 4) is 5.75 Å². The molecule has 0 bridgehead atoms.